The molecule has 0 saturated carbocycles. The van der Waals surface area contributed by atoms with Crippen LogP contribution in [0.1, 0.15) is 192 Å². The number of hydrogen-bond donors (Lipinski definition) is 0. The number of rotatable bonds is 34. The third-order valence-electron chi connectivity index (χ3n) is 10.5. The summed E-state index contributed by atoms with van der Waals surface area (Å²) in [7, 11) is 0. The summed E-state index contributed by atoms with van der Waals surface area (Å²) in [5.74, 6) is 0. The number of quaternary nitrogens is 1. The zero-order valence-electron chi connectivity index (χ0n) is 32.7. The van der Waals surface area contributed by atoms with E-state index in [2.05, 4.69) is 98.8 Å². The highest BCUT2D eigenvalue weighted by Crippen LogP contribution is 2.23. The van der Waals surface area contributed by atoms with Gasteiger partial charge in [-0.1, -0.05) is 214 Å². The molecule has 0 saturated heterocycles. The van der Waals surface area contributed by atoms with E-state index in [0.29, 0.717) is 0 Å². The summed E-state index contributed by atoms with van der Waals surface area (Å²) < 4.78 is 1.16. The molecule has 0 radical (unpaired) electrons. The Morgan fingerprint density at radius 1 is 0.347 bits per heavy atom. The molecule has 0 amide bonds. The lowest BCUT2D eigenvalue weighted by atomic mass is 10.1. The van der Waals surface area contributed by atoms with Crippen molar-refractivity contribution in [2.45, 2.75) is 194 Å². The lowest BCUT2D eigenvalue weighted by Crippen LogP contribution is -2.48. The second kappa shape index (κ2) is 31.8. The molecule has 1 heteroatoms. The summed E-state index contributed by atoms with van der Waals surface area (Å²) in [5.41, 5.74) is 2.96. The Labute approximate surface area is 306 Å². The highest BCUT2D eigenvalue weighted by molar-refractivity contribution is 5.15. The SMILES string of the molecule is CCCCCCCCCCCC/C=C/CCC[N+](CCC/C=C/CCCCCCCCCCCC)(Cc1ccccc1)Cc1ccccc1. The molecule has 0 fully saturated rings. The number of nitrogens with zero attached hydrogens (tertiary/aromatic N) is 1. The average Bonchev–Trinajstić information content (AvgIpc) is 3.12. The van der Waals surface area contributed by atoms with Crippen molar-refractivity contribution >= 4 is 0 Å². The molecule has 0 aromatic heterocycles. The third kappa shape index (κ3) is 24.6. The molecule has 49 heavy (non-hydrogen) atoms. The maximum Gasteiger partial charge on any atom is 0.105 e. The molecule has 2 rings (SSSR count). The lowest BCUT2D eigenvalue weighted by Gasteiger charge is -2.39. The molecule has 1 nitrogen and oxygen atoms in total. The Balaban J connectivity index is 1.77. The average molecular weight is 671 g/mol. The van der Waals surface area contributed by atoms with Crippen molar-refractivity contribution in [1.82, 2.24) is 0 Å². The fourth-order valence-electron chi connectivity index (χ4n) is 7.49. The zero-order valence-corrected chi connectivity index (χ0v) is 32.7. The first kappa shape index (κ1) is 43.0. The smallest absolute Gasteiger partial charge is 0.105 e. The van der Waals surface area contributed by atoms with Gasteiger partial charge in [0.25, 0.3) is 0 Å². The van der Waals surface area contributed by atoms with Gasteiger partial charge < -0.3 is 4.48 Å². The van der Waals surface area contributed by atoms with E-state index in [1.807, 2.05) is 0 Å². The van der Waals surface area contributed by atoms with E-state index in [1.54, 1.807) is 0 Å². The van der Waals surface area contributed by atoms with Crippen LogP contribution in [0.25, 0.3) is 0 Å². The van der Waals surface area contributed by atoms with Gasteiger partial charge in [-0.25, -0.2) is 0 Å². The second-order valence-corrected chi connectivity index (χ2v) is 15.2. The van der Waals surface area contributed by atoms with Crippen molar-refractivity contribution in [2.24, 2.45) is 0 Å². The van der Waals surface area contributed by atoms with Crippen LogP contribution in [0, 0.1) is 0 Å². The van der Waals surface area contributed by atoms with Crippen LogP contribution >= 0.6 is 0 Å². The van der Waals surface area contributed by atoms with Gasteiger partial charge in [-0.3, -0.25) is 0 Å². The molecule has 0 atom stereocenters. The summed E-state index contributed by atoms with van der Waals surface area (Å²) in [5, 5.41) is 0. The molecule has 276 valence electrons. The number of allylic oxidation sites excluding steroid dienone is 4. The molecule has 0 aliphatic carbocycles. The van der Waals surface area contributed by atoms with Crippen LogP contribution in [0.5, 0.6) is 0 Å². The fraction of sp³-hybridized carbons (Fsp3) is 0.667. The van der Waals surface area contributed by atoms with Gasteiger partial charge in [0.15, 0.2) is 0 Å². The first-order chi connectivity index (χ1) is 24.3. The van der Waals surface area contributed by atoms with Crippen molar-refractivity contribution in [3.05, 3.63) is 96.1 Å². The summed E-state index contributed by atoms with van der Waals surface area (Å²) in [6.07, 6.45) is 45.8. The molecular weight excluding hydrogens is 591 g/mol. The highest BCUT2D eigenvalue weighted by atomic mass is 15.3. The number of hydrogen-bond acceptors (Lipinski definition) is 0. The molecule has 0 N–H and O–H groups in total. The molecule has 2 aromatic rings. The molecule has 2 aromatic carbocycles. The Morgan fingerprint density at radius 2 is 0.633 bits per heavy atom. The van der Waals surface area contributed by atoms with Crippen LogP contribution < -0.4 is 0 Å². The molecule has 0 aliphatic rings. The highest BCUT2D eigenvalue weighted by Gasteiger charge is 2.27. The van der Waals surface area contributed by atoms with Gasteiger partial charge in [0, 0.05) is 24.0 Å². The predicted molar refractivity (Wildman–Crippen MR) is 220 cm³/mol. The first-order valence-electron chi connectivity index (χ1n) is 21.5. The van der Waals surface area contributed by atoms with Crippen LogP contribution in [0.3, 0.4) is 0 Å². The molecule has 0 bridgehead atoms. The van der Waals surface area contributed by atoms with E-state index in [1.165, 1.54) is 191 Å². The van der Waals surface area contributed by atoms with E-state index in [4.69, 9.17) is 0 Å². The minimum atomic E-state index is 1.13. The lowest BCUT2D eigenvalue weighted by molar-refractivity contribution is -0.954. The monoisotopic (exact) mass is 671 g/mol. The van der Waals surface area contributed by atoms with Crippen molar-refractivity contribution in [2.75, 3.05) is 13.1 Å². The Hall–Kier alpha value is -2.12. The van der Waals surface area contributed by atoms with E-state index in [0.717, 1.165) is 17.6 Å². The van der Waals surface area contributed by atoms with Crippen LogP contribution in [0.15, 0.2) is 85.0 Å². The van der Waals surface area contributed by atoms with Gasteiger partial charge in [0.1, 0.15) is 13.1 Å². The topological polar surface area (TPSA) is 0 Å². The van der Waals surface area contributed by atoms with E-state index >= 15 is 0 Å². The quantitative estimate of drug-likeness (QED) is 0.0395. The zero-order chi connectivity index (χ0) is 34.8. The second-order valence-electron chi connectivity index (χ2n) is 15.2. The Bertz CT molecular complexity index is 922. The Kier molecular flexibility index (Phi) is 28.0. The maximum absolute atomic E-state index is 2.49. The van der Waals surface area contributed by atoms with Crippen molar-refractivity contribution in [1.29, 1.82) is 0 Å². The normalized spacial score (nSPS) is 12.1. The molecular formula is C48H80N+. The Morgan fingerprint density at radius 3 is 0.959 bits per heavy atom. The van der Waals surface area contributed by atoms with Crippen LogP contribution in [-0.4, -0.2) is 17.6 Å². The molecule has 0 aliphatic heterocycles. The van der Waals surface area contributed by atoms with E-state index < -0.39 is 0 Å². The van der Waals surface area contributed by atoms with Gasteiger partial charge >= 0.3 is 0 Å². The van der Waals surface area contributed by atoms with Gasteiger partial charge in [-0.05, 0) is 38.5 Å². The largest absolute Gasteiger partial charge is 0.316 e. The molecule has 0 heterocycles. The maximum atomic E-state index is 2.49. The minimum absolute atomic E-state index is 1.13. The number of benzene rings is 2. The molecule has 0 spiro atoms. The standard InChI is InChI=1S/C48H80N/c1-3-5-7-9-11-13-15-17-19-21-23-25-27-29-37-43-49(45-47-39-33-31-34-40-47,46-48-41-35-32-36-42-48)44-38-30-28-26-24-22-20-18-16-14-12-10-8-6-4-2/h25-28,31-36,39-42H,3-24,29-30,37-38,43-46H2,1-2H3/q+1/b27-25+,28-26+. The van der Waals surface area contributed by atoms with E-state index in [9.17, 15) is 0 Å². The summed E-state index contributed by atoms with van der Waals surface area (Å²) in [6.45, 7) is 9.35. The molecule has 0 unspecified atom stereocenters. The summed E-state index contributed by atoms with van der Waals surface area (Å²) >= 11 is 0. The van der Waals surface area contributed by atoms with Crippen molar-refractivity contribution < 1.29 is 4.48 Å². The van der Waals surface area contributed by atoms with Gasteiger partial charge in [-0.15, -0.1) is 0 Å². The first-order valence-corrected chi connectivity index (χ1v) is 21.5. The minimum Gasteiger partial charge on any atom is -0.316 e. The predicted octanol–water partition coefficient (Wildman–Crippen LogP) is 15.5. The van der Waals surface area contributed by atoms with Gasteiger partial charge in [0.2, 0.25) is 0 Å². The fourth-order valence-corrected chi connectivity index (χ4v) is 7.49. The van der Waals surface area contributed by atoms with Crippen molar-refractivity contribution in [3.63, 3.8) is 0 Å². The summed E-state index contributed by atoms with van der Waals surface area (Å²) in [4.78, 5) is 0. The van der Waals surface area contributed by atoms with Crippen LogP contribution in [0.2, 0.25) is 0 Å². The summed E-state index contributed by atoms with van der Waals surface area (Å²) in [6, 6.07) is 22.6. The van der Waals surface area contributed by atoms with Crippen LogP contribution in [-0.2, 0) is 13.1 Å². The van der Waals surface area contributed by atoms with Gasteiger partial charge in [0.05, 0.1) is 13.1 Å². The third-order valence-corrected chi connectivity index (χ3v) is 10.5. The van der Waals surface area contributed by atoms with Gasteiger partial charge in [-0.2, -0.15) is 0 Å². The van der Waals surface area contributed by atoms with Crippen LogP contribution in [0.4, 0.5) is 0 Å². The van der Waals surface area contributed by atoms with Crippen molar-refractivity contribution in [3.8, 4) is 0 Å². The number of unbranched alkanes of at least 4 members (excludes halogenated alkanes) is 22. The van der Waals surface area contributed by atoms with E-state index in [-0.39, 0.29) is 0 Å².